The fourth-order valence-electron chi connectivity index (χ4n) is 3.29. The van der Waals surface area contributed by atoms with Crippen molar-refractivity contribution in [2.45, 2.75) is 0 Å². The van der Waals surface area contributed by atoms with Gasteiger partial charge in [0.05, 0.1) is 28.8 Å². The van der Waals surface area contributed by atoms with Crippen molar-refractivity contribution in [2.24, 2.45) is 0 Å². The van der Waals surface area contributed by atoms with Crippen LogP contribution < -0.4 is 10.2 Å². The van der Waals surface area contributed by atoms with Gasteiger partial charge in [-0.25, -0.2) is 4.68 Å². The van der Waals surface area contributed by atoms with Gasteiger partial charge < -0.3 is 15.1 Å². The molecule has 0 atom stereocenters. The number of hydrogen-bond acceptors (Lipinski definition) is 4. The number of carbonyl (C=O) groups excluding carboxylic acids is 1. The lowest BCUT2D eigenvalue weighted by atomic mass is 10.2. The number of aromatic nitrogens is 2. The van der Waals surface area contributed by atoms with Gasteiger partial charge in [-0.05, 0) is 37.4 Å². The van der Waals surface area contributed by atoms with E-state index in [4.69, 9.17) is 11.6 Å². The van der Waals surface area contributed by atoms with Gasteiger partial charge in [0.1, 0.15) is 0 Å². The highest BCUT2D eigenvalue weighted by Crippen LogP contribution is 2.30. The first-order valence-electron chi connectivity index (χ1n) is 9.24. The van der Waals surface area contributed by atoms with Gasteiger partial charge in [-0.1, -0.05) is 29.8 Å². The molecule has 0 aliphatic carbocycles. The van der Waals surface area contributed by atoms with E-state index in [2.05, 4.69) is 27.3 Å². The van der Waals surface area contributed by atoms with Crippen LogP contribution in [0.1, 0.15) is 10.4 Å². The summed E-state index contributed by atoms with van der Waals surface area (Å²) in [5.41, 5.74) is 3.10. The van der Waals surface area contributed by atoms with Gasteiger partial charge in [-0.3, -0.25) is 4.79 Å². The van der Waals surface area contributed by atoms with E-state index in [0.29, 0.717) is 10.6 Å². The van der Waals surface area contributed by atoms with Gasteiger partial charge in [0.25, 0.3) is 5.91 Å². The minimum Gasteiger partial charge on any atom is -0.367 e. The average molecular weight is 396 g/mol. The van der Waals surface area contributed by atoms with Crippen LogP contribution in [0.3, 0.4) is 0 Å². The molecule has 1 fully saturated rings. The summed E-state index contributed by atoms with van der Waals surface area (Å²) in [6, 6.07) is 15.3. The van der Waals surface area contributed by atoms with Crippen molar-refractivity contribution in [1.29, 1.82) is 0 Å². The smallest absolute Gasteiger partial charge is 0.258 e. The molecule has 0 spiro atoms. The van der Waals surface area contributed by atoms with Crippen molar-refractivity contribution in [1.82, 2.24) is 14.7 Å². The number of amides is 1. The van der Waals surface area contributed by atoms with Crippen LogP contribution in [0, 0.1) is 0 Å². The van der Waals surface area contributed by atoms with E-state index < -0.39 is 0 Å². The number of halogens is 1. The molecule has 0 radical (unpaired) electrons. The molecule has 0 saturated carbocycles. The summed E-state index contributed by atoms with van der Waals surface area (Å²) in [6.45, 7) is 3.79. The molecule has 6 nitrogen and oxygen atoms in total. The van der Waals surface area contributed by atoms with Crippen molar-refractivity contribution in [2.75, 3.05) is 43.4 Å². The first kappa shape index (κ1) is 18.5. The van der Waals surface area contributed by atoms with Crippen molar-refractivity contribution in [3.8, 4) is 5.69 Å². The number of nitrogens with zero attached hydrogens (tertiary/aromatic N) is 4. The fraction of sp³-hybridized carbons (Fsp3) is 0.238. The van der Waals surface area contributed by atoms with Crippen LogP contribution in [-0.2, 0) is 0 Å². The number of para-hydroxylation sites is 1. The third-order valence-corrected chi connectivity index (χ3v) is 5.15. The van der Waals surface area contributed by atoms with Gasteiger partial charge >= 0.3 is 0 Å². The molecule has 1 aliphatic rings. The highest BCUT2D eigenvalue weighted by atomic mass is 35.5. The summed E-state index contributed by atoms with van der Waals surface area (Å²) in [6.07, 6.45) is 3.30. The topological polar surface area (TPSA) is 53.4 Å². The molecule has 0 bridgehead atoms. The quantitative estimate of drug-likeness (QED) is 0.734. The Kier molecular flexibility index (Phi) is 5.32. The molecule has 1 aliphatic heterocycles. The molecule has 1 aromatic heterocycles. The molecule has 28 heavy (non-hydrogen) atoms. The predicted octanol–water partition coefficient (Wildman–Crippen LogP) is 3.53. The third-order valence-electron chi connectivity index (χ3n) is 4.92. The number of anilines is 2. The van der Waals surface area contributed by atoms with Crippen LogP contribution in [-0.4, -0.2) is 53.8 Å². The SMILES string of the molecule is CN1CCN(c2ccc(Cl)cc2NC(=O)c2cnn(-c3ccccc3)c2)CC1. The summed E-state index contributed by atoms with van der Waals surface area (Å²) < 4.78 is 1.69. The number of likely N-dealkylation sites (N-methyl/N-ethyl adjacent to an activating group) is 1. The maximum absolute atomic E-state index is 12.8. The number of rotatable bonds is 4. The zero-order valence-electron chi connectivity index (χ0n) is 15.7. The number of hydrogen-bond donors (Lipinski definition) is 1. The zero-order chi connectivity index (χ0) is 19.5. The molecule has 1 N–H and O–H groups in total. The van der Waals surface area contributed by atoms with E-state index in [1.165, 1.54) is 0 Å². The van der Waals surface area contributed by atoms with E-state index in [1.807, 2.05) is 42.5 Å². The lowest BCUT2D eigenvalue weighted by Gasteiger charge is -2.35. The van der Waals surface area contributed by atoms with Crippen molar-refractivity contribution in [3.63, 3.8) is 0 Å². The van der Waals surface area contributed by atoms with Crippen LogP contribution in [0.4, 0.5) is 11.4 Å². The summed E-state index contributed by atoms with van der Waals surface area (Å²) in [5, 5.41) is 7.90. The fourth-order valence-corrected chi connectivity index (χ4v) is 3.46. The lowest BCUT2D eigenvalue weighted by molar-refractivity contribution is 0.102. The molecule has 0 unspecified atom stereocenters. The van der Waals surface area contributed by atoms with Crippen LogP contribution >= 0.6 is 11.6 Å². The minimum absolute atomic E-state index is 0.208. The van der Waals surface area contributed by atoms with Gasteiger partial charge in [0, 0.05) is 37.4 Å². The molecule has 2 heterocycles. The number of benzene rings is 2. The first-order chi connectivity index (χ1) is 13.6. The minimum atomic E-state index is -0.208. The summed E-state index contributed by atoms with van der Waals surface area (Å²) in [5.74, 6) is -0.208. The molecule has 4 rings (SSSR count). The monoisotopic (exact) mass is 395 g/mol. The van der Waals surface area contributed by atoms with Crippen LogP contribution in [0.5, 0.6) is 0 Å². The molecule has 1 saturated heterocycles. The largest absolute Gasteiger partial charge is 0.367 e. The van der Waals surface area contributed by atoms with E-state index in [9.17, 15) is 4.79 Å². The molecule has 2 aromatic carbocycles. The highest BCUT2D eigenvalue weighted by Gasteiger charge is 2.19. The number of nitrogens with one attached hydrogen (secondary N) is 1. The molecular weight excluding hydrogens is 374 g/mol. The van der Waals surface area contributed by atoms with Crippen molar-refractivity contribution in [3.05, 3.63) is 71.5 Å². The Labute approximate surface area is 169 Å². The van der Waals surface area contributed by atoms with Crippen LogP contribution in [0.15, 0.2) is 60.9 Å². The van der Waals surface area contributed by atoms with Crippen molar-refractivity contribution < 1.29 is 4.79 Å². The molecule has 1 amide bonds. The normalized spacial score (nSPS) is 14.9. The number of piperazine rings is 1. The number of carbonyl (C=O) groups is 1. The van der Waals surface area contributed by atoms with Gasteiger partial charge in [-0.2, -0.15) is 5.10 Å². The highest BCUT2D eigenvalue weighted by molar-refractivity contribution is 6.31. The Balaban J connectivity index is 1.55. The second-order valence-electron chi connectivity index (χ2n) is 6.92. The Bertz CT molecular complexity index is 964. The Hall–Kier alpha value is -2.83. The van der Waals surface area contributed by atoms with E-state index >= 15 is 0 Å². The second kappa shape index (κ2) is 8.04. The second-order valence-corrected chi connectivity index (χ2v) is 7.35. The standard InChI is InChI=1S/C21H22ClN5O/c1-25-9-11-26(12-10-25)20-8-7-17(22)13-19(20)24-21(28)16-14-23-27(15-16)18-5-3-2-4-6-18/h2-8,13-15H,9-12H2,1H3,(H,24,28). The Morgan fingerprint density at radius 3 is 2.57 bits per heavy atom. The summed E-state index contributed by atoms with van der Waals surface area (Å²) in [7, 11) is 2.12. The summed E-state index contributed by atoms with van der Waals surface area (Å²) in [4.78, 5) is 17.4. The average Bonchev–Trinajstić information content (AvgIpc) is 3.20. The maximum Gasteiger partial charge on any atom is 0.258 e. The Morgan fingerprint density at radius 2 is 1.82 bits per heavy atom. The van der Waals surface area contributed by atoms with Crippen molar-refractivity contribution >= 4 is 28.9 Å². The van der Waals surface area contributed by atoms with Gasteiger partial charge in [0.2, 0.25) is 0 Å². The summed E-state index contributed by atoms with van der Waals surface area (Å²) >= 11 is 6.20. The zero-order valence-corrected chi connectivity index (χ0v) is 16.4. The molecule has 7 heteroatoms. The Morgan fingerprint density at radius 1 is 1.07 bits per heavy atom. The third kappa shape index (κ3) is 4.03. The lowest BCUT2D eigenvalue weighted by Crippen LogP contribution is -2.44. The molecule has 144 valence electrons. The maximum atomic E-state index is 12.8. The predicted molar refractivity (Wildman–Crippen MR) is 113 cm³/mol. The van der Waals surface area contributed by atoms with E-state index in [-0.39, 0.29) is 5.91 Å². The van der Waals surface area contributed by atoms with E-state index in [0.717, 1.165) is 43.2 Å². The first-order valence-corrected chi connectivity index (χ1v) is 9.62. The molecular formula is C21H22ClN5O. The van der Waals surface area contributed by atoms with Gasteiger partial charge in [0.15, 0.2) is 0 Å². The van der Waals surface area contributed by atoms with Crippen LogP contribution in [0.2, 0.25) is 5.02 Å². The van der Waals surface area contributed by atoms with E-state index in [1.54, 1.807) is 23.1 Å². The molecule has 3 aromatic rings. The van der Waals surface area contributed by atoms with Crippen LogP contribution in [0.25, 0.3) is 5.69 Å². The van der Waals surface area contributed by atoms with Gasteiger partial charge in [-0.15, -0.1) is 0 Å².